The van der Waals surface area contributed by atoms with E-state index >= 15 is 0 Å². The molecule has 0 fully saturated rings. The molecule has 0 aliphatic heterocycles. The number of nitrogens with zero attached hydrogens (tertiary/aromatic N) is 2. The zero-order valence-corrected chi connectivity index (χ0v) is 26.0. The van der Waals surface area contributed by atoms with Gasteiger partial charge in [0, 0.05) is 17.6 Å². The van der Waals surface area contributed by atoms with Crippen LogP contribution in [0.4, 0.5) is 10.1 Å². The van der Waals surface area contributed by atoms with Crippen LogP contribution in [0.25, 0.3) is 0 Å². The zero-order valence-electron chi connectivity index (χ0n) is 24.4. The molecule has 3 rings (SSSR count). The standard InChI is InChI=1S/C31H37ClFN3O5S/c1-6-22(4)34-31(38)27(7-2)35(19-23-10-13-25(33)14-11-23)30(37)20-36(28-18-24(32)12-17-29(28)41-5)42(39,40)26-15-8-21(3)9-16-26/h8-18,22,27H,6-7,19-20H2,1-5H3,(H,34,38). The van der Waals surface area contributed by atoms with Crippen molar-refractivity contribution in [1.82, 2.24) is 10.2 Å². The van der Waals surface area contributed by atoms with Gasteiger partial charge in [-0.15, -0.1) is 0 Å². The van der Waals surface area contributed by atoms with Crippen LogP contribution in [-0.2, 0) is 26.2 Å². The lowest BCUT2D eigenvalue weighted by Gasteiger charge is -2.34. The van der Waals surface area contributed by atoms with Gasteiger partial charge in [-0.2, -0.15) is 0 Å². The van der Waals surface area contributed by atoms with Crippen molar-refractivity contribution in [3.63, 3.8) is 0 Å². The molecule has 42 heavy (non-hydrogen) atoms. The Morgan fingerprint density at radius 3 is 2.21 bits per heavy atom. The number of halogens is 2. The van der Waals surface area contributed by atoms with Crippen LogP contribution in [0.15, 0.2) is 71.6 Å². The molecule has 0 aliphatic carbocycles. The van der Waals surface area contributed by atoms with Gasteiger partial charge >= 0.3 is 0 Å². The number of nitrogens with one attached hydrogen (secondary N) is 1. The lowest BCUT2D eigenvalue weighted by atomic mass is 10.1. The van der Waals surface area contributed by atoms with Gasteiger partial charge in [-0.25, -0.2) is 12.8 Å². The van der Waals surface area contributed by atoms with Gasteiger partial charge in [-0.1, -0.05) is 55.3 Å². The van der Waals surface area contributed by atoms with Crippen molar-refractivity contribution >= 4 is 39.1 Å². The third-order valence-corrected chi connectivity index (χ3v) is 8.96. The minimum atomic E-state index is -4.31. The van der Waals surface area contributed by atoms with Crippen LogP contribution in [0.2, 0.25) is 5.02 Å². The maximum atomic E-state index is 14.2. The normalized spacial score (nSPS) is 12.7. The van der Waals surface area contributed by atoms with E-state index in [4.69, 9.17) is 16.3 Å². The second-order valence-corrected chi connectivity index (χ2v) is 12.3. The second kappa shape index (κ2) is 14.5. The van der Waals surface area contributed by atoms with Crippen LogP contribution >= 0.6 is 11.6 Å². The average Bonchev–Trinajstić information content (AvgIpc) is 2.96. The summed E-state index contributed by atoms with van der Waals surface area (Å²) >= 11 is 6.27. The highest BCUT2D eigenvalue weighted by molar-refractivity contribution is 7.92. The summed E-state index contributed by atoms with van der Waals surface area (Å²) in [5.41, 5.74) is 1.51. The molecule has 11 heteroatoms. The van der Waals surface area contributed by atoms with E-state index in [1.807, 2.05) is 20.8 Å². The lowest BCUT2D eigenvalue weighted by Crippen LogP contribution is -2.53. The number of hydrogen-bond acceptors (Lipinski definition) is 5. The van der Waals surface area contributed by atoms with E-state index in [2.05, 4.69) is 5.32 Å². The molecule has 0 aliphatic rings. The summed E-state index contributed by atoms with van der Waals surface area (Å²) in [5, 5.41) is 3.16. The predicted molar refractivity (Wildman–Crippen MR) is 163 cm³/mol. The van der Waals surface area contributed by atoms with E-state index < -0.39 is 34.3 Å². The number of amides is 2. The van der Waals surface area contributed by atoms with Gasteiger partial charge in [-0.05, 0) is 74.7 Å². The van der Waals surface area contributed by atoms with Crippen molar-refractivity contribution < 1.29 is 27.1 Å². The highest BCUT2D eigenvalue weighted by atomic mass is 35.5. The van der Waals surface area contributed by atoms with E-state index in [9.17, 15) is 22.4 Å². The number of rotatable bonds is 13. The monoisotopic (exact) mass is 617 g/mol. The van der Waals surface area contributed by atoms with E-state index in [0.29, 0.717) is 12.0 Å². The zero-order chi connectivity index (χ0) is 31.0. The molecule has 0 aromatic heterocycles. The Labute approximate surface area is 252 Å². The molecule has 0 bridgehead atoms. The first-order valence-corrected chi connectivity index (χ1v) is 15.5. The third kappa shape index (κ3) is 8.01. The molecule has 2 amide bonds. The molecule has 2 unspecified atom stereocenters. The van der Waals surface area contributed by atoms with Crippen molar-refractivity contribution in [2.75, 3.05) is 18.0 Å². The minimum Gasteiger partial charge on any atom is -0.495 e. The summed E-state index contributed by atoms with van der Waals surface area (Å²) in [6.07, 6.45) is 0.950. The molecular weight excluding hydrogens is 581 g/mol. The molecule has 2 atom stereocenters. The van der Waals surface area contributed by atoms with E-state index in [-0.39, 0.29) is 46.3 Å². The van der Waals surface area contributed by atoms with Crippen LogP contribution in [0, 0.1) is 12.7 Å². The van der Waals surface area contributed by atoms with Gasteiger partial charge in [0.2, 0.25) is 11.8 Å². The number of carbonyl (C=O) groups excluding carboxylic acids is 2. The minimum absolute atomic E-state index is 0.0328. The van der Waals surface area contributed by atoms with Crippen LogP contribution in [0.3, 0.4) is 0 Å². The summed E-state index contributed by atoms with van der Waals surface area (Å²) in [6.45, 7) is 6.70. The molecule has 0 radical (unpaired) electrons. The fourth-order valence-corrected chi connectivity index (χ4v) is 5.94. The highest BCUT2D eigenvalue weighted by Crippen LogP contribution is 2.35. The molecule has 1 N–H and O–H groups in total. The Morgan fingerprint density at radius 2 is 1.64 bits per heavy atom. The van der Waals surface area contributed by atoms with Crippen LogP contribution in [0.1, 0.15) is 44.7 Å². The first kappa shape index (κ1) is 32.9. The van der Waals surface area contributed by atoms with Crippen molar-refractivity contribution in [1.29, 1.82) is 0 Å². The number of sulfonamides is 1. The summed E-state index contributed by atoms with van der Waals surface area (Å²) in [4.78, 5) is 28.8. The van der Waals surface area contributed by atoms with Gasteiger partial charge in [-0.3, -0.25) is 13.9 Å². The highest BCUT2D eigenvalue weighted by Gasteiger charge is 2.35. The molecule has 8 nitrogen and oxygen atoms in total. The maximum Gasteiger partial charge on any atom is 0.264 e. The number of methoxy groups -OCH3 is 1. The predicted octanol–water partition coefficient (Wildman–Crippen LogP) is 5.71. The molecule has 3 aromatic rings. The molecule has 0 spiro atoms. The van der Waals surface area contributed by atoms with E-state index in [0.717, 1.165) is 9.87 Å². The topological polar surface area (TPSA) is 96.0 Å². The molecule has 0 saturated carbocycles. The molecule has 3 aromatic carbocycles. The molecule has 0 heterocycles. The summed E-state index contributed by atoms with van der Waals surface area (Å²) in [7, 11) is -2.92. The maximum absolute atomic E-state index is 14.2. The fourth-order valence-electron chi connectivity index (χ4n) is 4.36. The SMILES string of the molecule is CCC(C)NC(=O)C(CC)N(Cc1ccc(F)cc1)C(=O)CN(c1cc(Cl)ccc1OC)S(=O)(=O)c1ccc(C)cc1. The van der Waals surface area contributed by atoms with Gasteiger partial charge in [0.25, 0.3) is 10.0 Å². The number of aryl methyl sites for hydroxylation is 1. The third-order valence-electron chi connectivity index (χ3n) is 6.95. The van der Waals surface area contributed by atoms with Crippen molar-refractivity contribution in [2.45, 2.75) is 64.1 Å². The quantitative estimate of drug-likeness (QED) is 0.265. The smallest absolute Gasteiger partial charge is 0.264 e. The van der Waals surface area contributed by atoms with E-state index in [1.165, 1.54) is 60.5 Å². The van der Waals surface area contributed by atoms with Gasteiger partial charge in [0.05, 0.1) is 17.7 Å². The van der Waals surface area contributed by atoms with Gasteiger partial charge in [0.1, 0.15) is 24.2 Å². The van der Waals surface area contributed by atoms with Gasteiger partial charge in [0.15, 0.2) is 0 Å². The Hall–Kier alpha value is -3.63. The Kier molecular flexibility index (Phi) is 11.4. The summed E-state index contributed by atoms with van der Waals surface area (Å²) in [5.74, 6) is -1.25. The largest absolute Gasteiger partial charge is 0.495 e. The first-order valence-electron chi connectivity index (χ1n) is 13.7. The molecule has 0 saturated heterocycles. The Morgan fingerprint density at radius 1 is 1.00 bits per heavy atom. The number of anilines is 1. The van der Waals surface area contributed by atoms with Crippen molar-refractivity contribution in [2.24, 2.45) is 0 Å². The Bertz CT molecular complexity index is 1480. The van der Waals surface area contributed by atoms with Crippen LogP contribution in [0.5, 0.6) is 5.75 Å². The van der Waals surface area contributed by atoms with Crippen LogP contribution in [-0.4, -0.2) is 50.9 Å². The van der Waals surface area contributed by atoms with E-state index in [1.54, 1.807) is 25.1 Å². The number of carbonyl (C=O) groups is 2. The fraction of sp³-hybridized carbons (Fsp3) is 0.355. The second-order valence-electron chi connectivity index (χ2n) is 10.0. The lowest BCUT2D eigenvalue weighted by molar-refractivity contribution is -0.140. The van der Waals surface area contributed by atoms with Crippen molar-refractivity contribution in [3.05, 3.63) is 88.7 Å². The Balaban J connectivity index is 2.12. The number of ether oxygens (including phenoxy) is 1. The molecule has 226 valence electrons. The summed E-state index contributed by atoms with van der Waals surface area (Å²) in [6, 6.07) is 15.3. The average molecular weight is 618 g/mol. The summed E-state index contributed by atoms with van der Waals surface area (Å²) < 4.78 is 48.2. The first-order chi connectivity index (χ1) is 19.9. The van der Waals surface area contributed by atoms with Gasteiger partial charge < -0.3 is 15.0 Å². The molecular formula is C31H37ClFN3O5S. The number of benzene rings is 3. The number of hydrogen-bond donors (Lipinski definition) is 1. The van der Waals surface area contributed by atoms with Crippen LogP contribution < -0.4 is 14.4 Å². The van der Waals surface area contributed by atoms with Crippen molar-refractivity contribution in [3.8, 4) is 5.75 Å².